The van der Waals surface area contributed by atoms with E-state index >= 15 is 0 Å². The maximum absolute atomic E-state index is 13.8. The van der Waals surface area contributed by atoms with Gasteiger partial charge in [0.15, 0.2) is 0 Å². The minimum absolute atomic E-state index is 0.0941. The molecule has 0 amide bonds. The second-order valence-electron chi connectivity index (χ2n) is 7.99. The second kappa shape index (κ2) is 10.2. The Bertz CT molecular complexity index is 1380. The van der Waals surface area contributed by atoms with Crippen LogP contribution in [0.5, 0.6) is 0 Å². The van der Waals surface area contributed by atoms with Gasteiger partial charge in [-0.05, 0) is 49.6 Å². The molecule has 176 valence electrons. The Kier molecular flexibility index (Phi) is 7.14. The molecular formula is C27H27NO5S. The lowest BCUT2D eigenvalue weighted by Crippen LogP contribution is -2.32. The highest BCUT2D eigenvalue weighted by Crippen LogP contribution is 2.30. The molecule has 6 nitrogen and oxygen atoms in total. The van der Waals surface area contributed by atoms with Crippen LogP contribution >= 0.6 is 0 Å². The van der Waals surface area contributed by atoms with Gasteiger partial charge < -0.3 is 9.15 Å². The van der Waals surface area contributed by atoms with Gasteiger partial charge in [-0.15, -0.1) is 0 Å². The molecule has 0 atom stereocenters. The van der Waals surface area contributed by atoms with E-state index in [1.54, 1.807) is 26.0 Å². The van der Waals surface area contributed by atoms with Gasteiger partial charge in [0.2, 0.25) is 15.8 Å². The number of ether oxygens (including phenoxy) is 1. The normalized spacial score (nSPS) is 11.7. The van der Waals surface area contributed by atoms with E-state index in [9.17, 15) is 13.2 Å². The van der Waals surface area contributed by atoms with E-state index < -0.39 is 16.0 Å². The van der Waals surface area contributed by atoms with Crippen molar-refractivity contribution in [1.29, 1.82) is 0 Å². The Morgan fingerprint density at radius 2 is 1.59 bits per heavy atom. The molecule has 1 aromatic heterocycles. The zero-order chi connectivity index (χ0) is 24.1. The fourth-order valence-corrected chi connectivity index (χ4v) is 5.33. The number of rotatable bonds is 9. The van der Waals surface area contributed by atoms with Crippen LogP contribution in [0.2, 0.25) is 0 Å². The van der Waals surface area contributed by atoms with Gasteiger partial charge in [0, 0.05) is 24.0 Å². The standard InChI is InChI=1S/C27H27NO5S/c1-3-32-27(29)26-20(2)24-18-23(14-15-25(24)33-26)34(30,31)28(19-22-12-8-5-9-13-22)17-16-21-10-6-4-7-11-21/h4-15,18H,3,16-17,19H2,1-2H3. The zero-order valence-electron chi connectivity index (χ0n) is 19.2. The van der Waals surface area contributed by atoms with Crippen LogP contribution < -0.4 is 0 Å². The molecule has 0 aliphatic carbocycles. The predicted molar refractivity (Wildman–Crippen MR) is 131 cm³/mol. The lowest BCUT2D eigenvalue weighted by molar-refractivity contribution is 0.0491. The van der Waals surface area contributed by atoms with Gasteiger partial charge >= 0.3 is 5.97 Å². The smallest absolute Gasteiger partial charge is 0.374 e. The highest BCUT2D eigenvalue weighted by atomic mass is 32.2. The number of nitrogens with zero attached hydrogens (tertiary/aromatic N) is 1. The van der Waals surface area contributed by atoms with Crippen LogP contribution in [0.3, 0.4) is 0 Å². The molecule has 0 bridgehead atoms. The van der Waals surface area contributed by atoms with Crippen molar-refractivity contribution in [3.8, 4) is 0 Å². The Morgan fingerprint density at radius 1 is 0.941 bits per heavy atom. The van der Waals surface area contributed by atoms with Crippen molar-refractivity contribution < 1.29 is 22.4 Å². The molecule has 0 N–H and O–H groups in total. The molecular weight excluding hydrogens is 450 g/mol. The number of aryl methyl sites for hydroxylation is 1. The molecule has 0 aliphatic rings. The van der Waals surface area contributed by atoms with Crippen LogP contribution in [-0.2, 0) is 27.7 Å². The summed E-state index contributed by atoms with van der Waals surface area (Å²) in [6.07, 6.45) is 0.590. The van der Waals surface area contributed by atoms with E-state index in [-0.39, 0.29) is 23.8 Å². The van der Waals surface area contributed by atoms with Gasteiger partial charge in [-0.2, -0.15) is 4.31 Å². The summed E-state index contributed by atoms with van der Waals surface area (Å²) in [6.45, 7) is 4.26. The lowest BCUT2D eigenvalue weighted by Gasteiger charge is -2.22. The number of carbonyl (C=O) groups excluding carboxylic acids is 1. The minimum atomic E-state index is -3.82. The first-order valence-corrected chi connectivity index (χ1v) is 12.6. The first-order chi connectivity index (χ1) is 16.4. The summed E-state index contributed by atoms with van der Waals surface area (Å²) in [6, 6.07) is 24.0. The molecule has 0 saturated carbocycles. The molecule has 1 heterocycles. The number of esters is 1. The highest BCUT2D eigenvalue weighted by Gasteiger charge is 2.27. The summed E-state index contributed by atoms with van der Waals surface area (Å²) >= 11 is 0. The lowest BCUT2D eigenvalue weighted by atomic mass is 10.1. The summed E-state index contributed by atoms with van der Waals surface area (Å²) in [5.74, 6) is -0.467. The third kappa shape index (κ3) is 5.05. The topological polar surface area (TPSA) is 76.8 Å². The maximum atomic E-state index is 13.8. The summed E-state index contributed by atoms with van der Waals surface area (Å²) in [5.41, 5.74) is 2.98. The molecule has 34 heavy (non-hydrogen) atoms. The van der Waals surface area contributed by atoms with E-state index in [0.717, 1.165) is 11.1 Å². The molecule has 0 unspecified atom stereocenters. The highest BCUT2D eigenvalue weighted by molar-refractivity contribution is 7.89. The quantitative estimate of drug-likeness (QED) is 0.304. The van der Waals surface area contributed by atoms with Crippen molar-refractivity contribution in [3.05, 3.63) is 101 Å². The van der Waals surface area contributed by atoms with Crippen LogP contribution in [-0.4, -0.2) is 31.8 Å². The molecule has 0 spiro atoms. The number of furan rings is 1. The number of fused-ring (bicyclic) bond motifs is 1. The summed E-state index contributed by atoms with van der Waals surface area (Å²) in [7, 11) is -3.82. The fourth-order valence-electron chi connectivity index (χ4n) is 3.87. The van der Waals surface area contributed by atoms with Crippen LogP contribution in [0.4, 0.5) is 0 Å². The molecule has 0 saturated heterocycles. The molecule has 4 aromatic rings. The largest absolute Gasteiger partial charge is 0.460 e. The number of sulfonamides is 1. The number of benzene rings is 3. The van der Waals surface area contributed by atoms with Crippen molar-refractivity contribution in [3.63, 3.8) is 0 Å². The van der Waals surface area contributed by atoms with Crippen molar-refractivity contribution in [2.75, 3.05) is 13.2 Å². The van der Waals surface area contributed by atoms with Crippen LogP contribution in [0, 0.1) is 6.92 Å². The second-order valence-corrected chi connectivity index (χ2v) is 9.93. The number of hydrogen-bond donors (Lipinski definition) is 0. The Morgan fingerprint density at radius 3 is 2.24 bits per heavy atom. The monoisotopic (exact) mass is 477 g/mol. The van der Waals surface area contributed by atoms with Gasteiger partial charge in [-0.25, -0.2) is 13.2 Å². The number of hydrogen-bond acceptors (Lipinski definition) is 5. The summed E-state index contributed by atoms with van der Waals surface area (Å²) in [4.78, 5) is 12.4. The van der Waals surface area contributed by atoms with Gasteiger partial charge in [0.1, 0.15) is 5.58 Å². The summed E-state index contributed by atoms with van der Waals surface area (Å²) in [5, 5.41) is 0.576. The fraction of sp³-hybridized carbons (Fsp3) is 0.222. The van der Waals surface area contributed by atoms with Crippen molar-refractivity contribution in [1.82, 2.24) is 4.31 Å². The first-order valence-electron chi connectivity index (χ1n) is 11.2. The summed E-state index contributed by atoms with van der Waals surface area (Å²) < 4.78 is 39.7. The SMILES string of the molecule is CCOC(=O)c1oc2ccc(S(=O)(=O)N(CCc3ccccc3)Cc3ccccc3)cc2c1C. The number of carbonyl (C=O) groups is 1. The predicted octanol–water partition coefficient (Wildman–Crippen LogP) is 5.35. The Labute approximate surface area is 199 Å². The van der Waals surface area contributed by atoms with Crippen LogP contribution in [0.15, 0.2) is 88.2 Å². The molecule has 7 heteroatoms. The molecule has 0 aliphatic heterocycles. The van der Waals surface area contributed by atoms with Crippen molar-refractivity contribution in [2.45, 2.75) is 31.7 Å². The molecule has 3 aromatic carbocycles. The maximum Gasteiger partial charge on any atom is 0.374 e. The average Bonchev–Trinajstić information content (AvgIpc) is 3.19. The Balaban J connectivity index is 1.69. The third-order valence-electron chi connectivity index (χ3n) is 5.70. The molecule has 0 fully saturated rings. The third-order valence-corrected chi connectivity index (χ3v) is 7.54. The molecule has 0 radical (unpaired) electrons. The van der Waals surface area contributed by atoms with E-state index in [2.05, 4.69) is 0 Å². The van der Waals surface area contributed by atoms with Crippen LogP contribution in [0.25, 0.3) is 11.0 Å². The van der Waals surface area contributed by atoms with E-state index in [0.29, 0.717) is 29.5 Å². The van der Waals surface area contributed by atoms with E-state index in [1.165, 1.54) is 10.4 Å². The van der Waals surface area contributed by atoms with Gasteiger partial charge in [0.25, 0.3) is 0 Å². The van der Waals surface area contributed by atoms with Crippen molar-refractivity contribution >= 4 is 27.0 Å². The van der Waals surface area contributed by atoms with Crippen LogP contribution in [0.1, 0.15) is 34.2 Å². The van der Waals surface area contributed by atoms with E-state index in [4.69, 9.17) is 9.15 Å². The minimum Gasteiger partial charge on any atom is -0.460 e. The zero-order valence-corrected chi connectivity index (χ0v) is 20.0. The Hall–Kier alpha value is -3.42. The first kappa shape index (κ1) is 23.7. The van der Waals surface area contributed by atoms with Gasteiger partial charge in [-0.1, -0.05) is 60.7 Å². The van der Waals surface area contributed by atoms with Gasteiger partial charge in [0.05, 0.1) is 11.5 Å². The average molecular weight is 478 g/mol. The van der Waals surface area contributed by atoms with Crippen molar-refractivity contribution in [2.24, 2.45) is 0 Å². The van der Waals surface area contributed by atoms with E-state index in [1.807, 2.05) is 60.7 Å². The molecule has 4 rings (SSSR count). The van der Waals surface area contributed by atoms with Gasteiger partial charge in [-0.3, -0.25) is 0 Å².